The van der Waals surface area contributed by atoms with E-state index in [4.69, 9.17) is 11.6 Å². The fourth-order valence-electron chi connectivity index (χ4n) is 2.60. The minimum atomic E-state index is -0.284. The van der Waals surface area contributed by atoms with E-state index >= 15 is 0 Å². The predicted molar refractivity (Wildman–Crippen MR) is 71.1 cm³/mol. The van der Waals surface area contributed by atoms with E-state index in [1.165, 1.54) is 31.4 Å². The van der Waals surface area contributed by atoms with Crippen molar-refractivity contribution >= 4 is 17.3 Å². The highest BCUT2D eigenvalue weighted by Crippen LogP contribution is 2.37. The highest BCUT2D eigenvalue weighted by Gasteiger charge is 2.32. The van der Waals surface area contributed by atoms with E-state index in [0.29, 0.717) is 11.1 Å². The summed E-state index contributed by atoms with van der Waals surface area (Å²) in [5, 5.41) is 3.87. The molecule has 0 bridgehead atoms. The van der Waals surface area contributed by atoms with Crippen molar-refractivity contribution in [1.82, 2.24) is 0 Å². The van der Waals surface area contributed by atoms with Crippen LogP contribution in [0.5, 0.6) is 0 Å². The molecule has 17 heavy (non-hydrogen) atoms. The molecule has 0 saturated heterocycles. The summed E-state index contributed by atoms with van der Waals surface area (Å²) in [5.41, 5.74) is 1.05. The molecule has 1 fully saturated rings. The third-order valence-electron chi connectivity index (χ3n) is 3.71. The number of hydrogen-bond acceptors (Lipinski definition) is 1. The Balaban J connectivity index is 2.14. The topological polar surface area (TPSA) is 12.0 Å². The molecule has 0 aromatic heterocycles. The summed E-state index contributed by atoms with van der Waals surface area (Å²) in [4.78, 5) is 0. The van der Waals surface area contributed by atoms with Gasteiger partial charge in [0.05, 0.1) is 0 Å². The molecule has 1 aliphatic carbocycles. The predicted octanol–water partition coefficient (Wildman–Crippen LogP) is 4.86. The van der Waals surface area contributed by atoms with Gasteiger partial charge >= 0.3 is 0 Å². The average Bonchev–Trinajstić information content (AvgIpc) is 2.19. The van der Waals surface area contributed by atoms with Crippen LogP contribution in [0.15, 0.2) is 18.2 Å². The molecule has 1 aliphatic rings. The number of halogens is 2. The quantitative estimate of drug-likeness (QED) is 0.796. The van der Waals surface area contributed by atoms with Crippen LogP contribution >= 0.6 is 11.6 Å². The van der Waals surface area contributed by atoms with Crippen LogP contribution in [-0.4, -0.2) is 6.04 Å². The fourth-order valence-corrected chi connectivity index (χ4v) is 2.82. The third kappa shape index (κ3) is 3.12. The molecule has 0 amide bonds. The molecular formula is C14H19ClFN. The largest absolute Gasteiger partial charge is 0.382 e. The van der Waals surface area contributed by atoms with Crippen molar-refractivity contribution in [3.8, 4) is 0 Å². The van der Waals surface area contributed by atoms with Crippen LogP contribution in [0.2, 0.25) is 5.02 Å². The Labute approximate surface area is 107 Å². The van der Waals surface area contributed by atoms with Crippen molar-refractivity contribution in [2.45, 2.75) is 45.6 Å². The zero-order valence-electron chi connectivity index (χ0n) is 10.4. The van der Waals surface area contributed by atoms with E-state index in [1.54, 1.807) is 6.07 Å². The van der Waals surface area contributed by atoms with Crippen molar-refractivity contribution in [3.05, 3.63) is 29.0 Å². The van der Waals surface area contributed by atoms with Crippen molar-refractivity contribution in [1.29, 1.82) is 0 Å². The lowest BCUT2D eigenvalue weighted by Crippen LogP contribution is -2.38. The zero-order valence-corrected chi connectivity index (χ0v) is 11.1. The van der Waals surface area contributed by atoms with E-state index in [-0.39, 0.29) is 11.2 Å². The minimum Gasteiger partial charge on any atom is -0.382 e. The van der Waals surface area contributed by atoms with Gasteiger partial charge in [0.1, 0.15) is 5.82 Å². The first-order valence-electron chi connectivity index (χ1n) is 6.20. The monoisotopic (exact) mass is 255 g/mol. The highest BCUT2D eigenvalue weighted by molar-refractivity contribution is 6.30. The maximum Gasteiger partial charge on any atom is 0.126 e. The smallest absolute Gasteiger partial charge is 0.126 e. The number of anilines is 1. The Kier molecular flexibility index (Phi) is 3.62. The van der Waals surface area contributed by atoms with Crippen molar-refractivity contribution in [2.75, 3.05) is 5.32 Å². The lowest BCUT2D eigenvalue weighted by atomic mass is 9.73. The second kappa shape index (κ2) is 4.85. The third-order valence-corrected chi connectivity index (χ3v) is 3.93. The molecule has 2 rings (SSSR count). The number of rotatable bonds is 2. The summed E-state index contributed by atoms with van der Waals surface area (Å²) in [7, 11) is 0. The lowest BCUT2D eigenvalue weighted by Gasteiger charge is -2.39. The van der Waals surface area contributed by atoms with E-state index < -0.39 is 0 Å². The van der Waals surface area contributed by atoms with Gasteiger partial charge in [-0.1, -0.05) is 38.3 Å². The first-order valence-corrected chi connectivity index (χ1v) is 6.58. The molecule has 0 radical (unpaired) electrons. The lowest BCUT2D eigenvalue weighted by molar-refractivity contribution is 0.217. The first kappa shape index (κ1) is 12.7. The van der Waals surface area contributed by atoms with Gasteiger partial charge in [-0.2, -0.15) is 0 Å². The second-order valence-corrected chi connectivity index (χ2v) is 6.03. The number of benzene rings is 1. The normalized spacial score (nSPS) is 23.4. The molecule has 0 aliphatic heterocycles. The Morgan fingerprint density at radius 1 is 1.29 bits per heavy atom. The average molecular weight is 256 g/mol. The molecule has 1 N–H and O–H groups in total. The van der Waals surface area contributed by atoms with Crippen molar-refractivity contribution in [2.24, 2.45) is 5.41 Å². The molecule has 1 saturated carbocycles. The SMILES string of the molecule is CC1(C)CCCCC1Nc1cc(F)cc(Cl)c1. The van der Waals surface area contributed by atoms with Crippen LogP contribution in [0.4, 0.5) is 10.1 Å². The van der Waals surface area contributed by atoms with Gasteiger partial charge in [-0.15, -0.1) is 0 Å². The molecule has 0 heterocycles. The summed E-state index contributed by atoms with van der Waals surface area (Å²) in [6.45, 7) is 4.54. The van der Waals surface area contributed by atoms with Crippen LogP contribution < -0.4 is 5.32 Å². The van der Waals surface area contributed by atoms with Gasteiger partial charge in [0.25, 0.3) is 0 Å². The van der Waals surface area contributed by atoms with Gasteiger partial charge in [-0.25, -0.2) is 4.39 Å². The highest BCUT2D eigenvalue weighted by atomic mass is 35.5. The van der Waals surface area contributed by atoms with Crippen LogP contribution in [0.1, 0.15) is 39.5 Å². The Hall–Kier alpha value is -0.760. The Morgan fingerprint density at radius 2 is 2.06 bits per heavy atom. The molecule has 0 spiro atoms. The zero-order chi connectivity index (χ0) is 12.5. The summed E-state index contributed by atoms with van der Waals surface area (Å²) in [6, 6.07) is 5.03. The van der Waals surface area contributed by atoms with Gasteiger partial charge in [-0.3, -0.25) is 0 Å². The van der Waals surface area contributed by atoms with E-state index in [1.807, 2.05) is 0 Å². The summed E-state index contributed by atoms with van der Waals surface area (Å²) < 4.78 is 13.3. The maximum atomic E-state index is 13.3. The van der Waals surface area contributed by atoms with E-state index in [2.05, 4.69) is 19.2 Å². The molecule has 1 aromatic rings. The van der Waals surface area contributed by atoms with Gasteiger partial charge in [0.2, 0.25) is 0 Å². The molecule has 1 atom stereocenters. The van der Waals surface area contributed by atoms with Gasteiger partial charge in [-0.05, 0) is 36.5 Å². The Bertz CT molecular complexity index is 383. The van der Waals surface area contributed by atoms with E-state index in [0.717, 1.165) is 12.1 Å². The molecular weight excluding hydrogens is 237 g/mol. The standard InChI is InChI=1S/C14H19ClFN/c1-14(2)6-4-3-5-13(14)17-12-8-10(15)7-11(16)9-12/h7-9,13,17H,3-6H2,1-2H3. The molecule has 1 unspecified atom stereocenters. The van der Waals surface area contributed by atoms with Crippen LogP contribution in [-0.2, 0) is 0 Å². The second-order valence-electron chi connectivity index (χ2n) is 5.59. The van der Waals surface area contributed by atoms with Gasteiger partial charge < -0.3 is 5.32 Å². The van der Waals surface area contributed by atoms with Crippen LogP contribution in [0.3, 0.4) is 0 Å². The maximum absolute atomic E-state index is 13.3. The Morgan fingerprint density at radius 3 is 2.71 bits per heavy atom. The van der Waals surface area contributed by atoms with Gasteiger partial charge in [0.15, 0.2) is 0 Å². The molecule has 94 valence electrons. The summed E-state index contributed by atoms with van der Waals surface area (Å²) in [5.74, 6) is -0.284. The van der Waals surface area contributed by atoms with Crippen molar-refractivity contribution in [3.63, 3.8) is 0 Å². The summed E-state index contributed by atoms with van der Waals surface area (Å²) in [6.07, 6.45) is 4.88. The van der Waals surface area contributed by atoms with E-state index in [9.17, 15) is 4.39 Å². The number of hydrogen-bond donors (Lipinski definition) is 1. The molecule has 3 heteroatoms. The molecule has 1 aromatic carbocycles. The first-order chi connectivity index (χ1) is 7.97. The minimum absolute atomic E-state index is 0.261. The fraction of sp³-hybridized carbons (Fsp3) is 0.571. The number of nitrogens with one attached hydrogen (secondary N) is 1. The van der Waals surface area contributed by atoms with Crippen LogP contribution in [0.25, 0.3) is 0 Å². The van der Waals surface area contributed by atoms with Crippen LogP contribution in [0, 0.1) is 11.2 Å². The summed E-state index contributed by atoms with van der Waals surface area (Å²) >= 11 is 5.86. The van der Waals surface area contributed by atoms with Gasteiger partial charge in [0, 0.05) is 16.8 Å². The molecule has 1 nitrogen and oxygen atoms in total. The van der Waals surface area contributed by atoms with Crippen molar-refractivity contribution < 1.29 is 4.39 Å².